The van der Waals surface area contributed by atoms with Gasteiger partial charge >= 0.3 is 0 Å². The lowest BCUT2D eigenvalue weighted by Crippen LogP contribution is -2.43. The Kier molecular flexibility index (Phi) is 6.97. The van der Waals surface area contributed by atoms with Crippen molar-refractivity contribution < 1.29 is 19.5 Å². The molecule has 64 valence electrons. The molecule has 0 bridgehead atoms. The van der Waals surface area contributed by atoms with E-state index < -0.39 is 0 Å². The number of hydrogen-bond acceptors (Lipinski definition) is 2. The molecule has 0 saturated carbocycles. The third-order valence-electron chi connectivity index (χ3n) is 1.40. The fourth-order valence-corrected chi connectivity index (χ4v) is 0.611. The summed E-state index contributed by atoms with van der Waals surface area (Å²) in [5.74, 6) is 0. The van der Waals surface area contributed by atoms with E-state index in [-0.39, 0.29) is 18.8 Å². The average molecular weight is 153 g/mol. The minimum absolute atomic E-state index is 0. The Morgan fingerprint density at radius 3 is 2.10 bits per heavy atom. The van der Waals surface area contributed by atoms with Gasteiger partial charge in [0.15, 0.2) is 0 Å². The third kappa shape index (κ3) is 5.94. The van der Waals surface area contributed by atoms with Crippen molar-refractivity contribution in [3.63, 3.8) is 0 Å². The van der Waals surface area contributed by atoms with E-state index in [0.717, 1.165) is 0 Å². The van der Waals surface area contributed by atoms with Crippen LogP contribution in [0, 0.1) is 0 Å². The molecule has 2 N–H and O–H groups in total. The first kappa shape index (κ1) is 12.5. The maximum Gasteiger partial charge on any atom is 0.138 e. The number of halogens is 1. The van der Waals surface area contributed by atoms with Gasteiger partial charge in [0, 0.05) is 0 Å². The highest BCUT2D eigenvalue weighted by atomic mass is 19.1. The van der Waals surface area contributed by atoms with Crippen LogP contribution in [0.4, 0.5) is 4.39 Å². The first-order valence-electron chi connectivity index (χ1n) is 3.11. The molecule has 0 fully saturated rings. The second-order valence-corrected chi connectivity index (χ2v) is 2.80. The number of rotatable bonds is 4. The van der Waals surface area contributed by atoms with E-state index >= 15 is 0 Å². The summed E-state index contributed by atoms with van der Waals surface area (Å²) < 4.78 is 12.3. The van der Waals surface area contributed by atoms with E-state index in [1.807, 2.05) is 14.1 Å². The van der Waals surface area contributed by atoms with Crippen molar-refractivity contribution in [1.82, 2.24) is 0 Å². The maximum atomic E-state index is 11.7. The molecule has 0 aromatic heterocycles. The van der Waals surface area contributed by atoms with Crippen molar-refractivity contribution in [3.05, 3.63) is 0 Å². The van der Waals surface area contributed by atoms with Crippen LogP contribution in [0.15, 0.2) is 0 Å². The Bertz CT molecular complexity index is 70.1. The first-order valence-corrected chi connectivity index (χ1v) is 3.11. The van der Waals surface area contributed by atoms with Gasteiger partial charge in [0.05, 0.1) is 20.7 Å². The molecule has 0 aliphatic rings. The highest BCUT2D eigenvalue weighted by Gasteiger charge is 2.11. The Hall–Kier alpha value is -0.190. The fraction of sp³-hybridized carbons (Fsp3) is 1.00. The Morgan fingerprint density at radius 2 is 1.80 bits per heavy atom. The van der Waals surface area contributed by atoms with Crippen molar-refractivity contribution in [2.75, 3.05) is 40.5 Å². The summed E-state index contributed by atoms with van der Waals surface area (Å²) in [6.45, 7) is 0.935. The van der Waals surface area contributed by atoms with Crippen molar-refractivity contribution >= 4 is 0 Å². The molecule has 0 aromatic rings. The van der Waals surface area contributed by atoms with Gasteiger partial charge in [-0.05, 0) is 0 Å². The standard InChI is InChI=1S/C6H15FNO.H2O/c1-8(2,4-3-7)5-6-9;/h9H,3-6H2,1-2H3;1H2/q+1;/p-1. The molecule has 0 spiro atoms. The predicted octanol–water partition coefficient (Wildman–Crippen LogP) is -0.152. The second-order valence-electron chi connectivity index (χ2n) is 2.80. The average Bonchev–Trinajstić information content (AvgIpc) is 1.64. The SMILES string of the molecule is C[N+](C)(CCO)CCF.[OH-]. The molecule has 0 radical (unpaired) electrons. The predicted molar refractivity (Wildman–Crippen MR) is 36.8 cm³/mol. The van der Waals surface area contributed by atoms with Crippen LogP contribution in [0.2, 0.25) is 0 Å². The van der Waals surface area contributed by atoms with Gasteiger partial charge in [-0.3, -0.25) is 0 Å². The zero-order valence-electron chi connectivity index (χ0n) is 6.55. The molecule has 0 aliphatic heterocycles. The van der Waals surface area contributed by atoms with Gasteiger partial charge in [0.2, 0.25) is 0 Å². The van der Waals surface area contributed by atoms with Crippen LogP contribution in [0.1, 0.15) is 0 Å². The molecule has 0 amide bonds. The summed E-state index contributed by atoms with van der Waals surface area (Å²) in [5.41, 5.74) is 0. The third-order valence-corrected chi connectivity index (χ3v) is 1.40. The largest absolute Gasteiger partial charge is 0.870 e. The van der Waals surface area contributed by atoms with Crippen LogP contribution in [0.25, 0.3) is 0 Å². The lowest BCUT2D eigenvalue weighted by Gasteiger charge is -2.27. The smallest absolute Gasteiger partial charge is 0.138 e. The van der Waals surface area contributed by atoms with Crippen LogP contribution in [0.3, 0.4) is 0 Å². The van der Waals surface area contributed by atoms with Crippen LogP contribution in [0.5, 0.6) is 0 Å². The molecule has 3 nitrogen and oxygen atoms in total. The maximum absolute atomic E-state index is 11.7. The number of hydrogen-bond donors (Lipinski definition) is 1. The lowest BCUT2D eigenvalue weighted by molar-refractivity contribution is -0.890. The van der Waals surface area contributed by atoms with Gasteiger partial charge in [0.1, 0.15) is 19.8 Å². The van der Waals surface area contributed by atoms with E-state index in [0.29, 0.717) is 17.6 Å². The van der Waals surface area contributed by atoms with Crippen LogP contribution in [-0.4, -0.2) is 55.5 Å². The topological polar surface area (TPSA) is 50.2 Å². The molecular weight excluding hydrogens is 137 g/mol. The van der Waals surface area contributed by atoms with Crippen molar-refractivity contribution in [2.45, 2.75) is 0 Å². The van der Waals surface area contributed by atoms with Crippen LogP contribution in [-0.2, 0) is 0 Å². The molecule has 0 unspecified atom stereocenters. The molecule has 0 aliphatic carbocycles. The molecule has 0 aromatic carbocycles. The van der Waals surface area contributed by atoms with Gasteiger partial charge in [-0.25, -0.2) is 4.39 Å². The Morgan fingerprint density at radius 1 is 1.30 bits per heavy atom. The molecule has 4 heteroatoms. The number of likely N-dealkylation sites (N-methyl/N-ethyl adjacent to an activating group) is 1. The Balaban J connectivity index is 0. The molecule has 0 heterocycles. The van der Waals surface area contributed by atoms with Crippen LogP contribution < -0.4 is 0 Å². The molecule has 0 saturated heterocycles. The fourth-order valence-electron chi connectivity index (χ4n) is 0.611. The minimum Gasteiger partial charge on any atom is -0.870 e. The van der Waals surface area contributed by atoms with Gasteiger partial charge in [0.25, 0.3) is 0 Å². The highest BCUT2D eigenvalue weighted by Crippen LogP contribution is 1.94. The van der Waals surface area contributed by atoms with Gasteiger partial charge < -0.3 is 15.1 Å². The monoisotopic (exact) mass is 153 g/mol. The highest BCUT2D eigenvalue weighted by molar-refractivity contribution is 4.30. The molecule has 0 rings (SSSR count). The number of aliphatic hydroxyl groups is 1. The van der Waals surface area contributed by atoms with E-state index in [1.165, 1.54) is 0 Å². The second kappa shape index (κ2) is 5.58. The number of nitrogens with zero attached hydrogens (tertiary/aromatic N) is 1. The molecule has 10 heavy (non-hydrogen) atoms. The van der Waals surface area contributed by atoms with E-state index in [2.05, 4.69) is 0 Å². The number of alkyl halides is 1. The summed E-state index contributed by atoms with van der Waals surface area (Å²) in [6, 6.07) is 0. The minimum atomic E-state index is -0.312. The summed E-state index contributed by atoms with van der Waals surface area (Å²) >= 11 is 0. The zero-order valence-corrected chi connectivity index (χ0v) is 6.55. The summed E-state index contributed by atoms with van der Waals surface area (Å²) in [5, 5.41) is 8.49. The summed E-state index contributed by atoms with van der Waals surface area (Å²) in [6.07, 6.45) is 0. The zero-order chi connectivity index (χ0) is 7.33. The normalized spacial score (nSPS) is 10.8. The van der Waals surface area contributed by atoms with Gasteiger partial charge in [-0.2, -0.15) is 0 Å². The van der Waals surface area contributed by atoms with Gasteiger partial charge in [-0.1, -0.05) is 0 Å². The van der Waals surface area contributed by atoms with Crippen molar-refractivity contribution in [1.29, 1.82) is 0 Å². The van der Waals surface area contributed by atoms with Crippen molar-refractivity contribution in [2.24, 2.45) is 0 Å². The number of quaternary nitrogens is 1. The summed E-state index contributed by atoms with van der Waals surface area (Å²) in [4.78, 5) is 0. The van der Waals surface area contributed by atoms with Gasteiger partial charge in [-0.15, -0.1) is 0 Å². The number of aliphatic hydroxyl groups excluding tert-OH is 1. The quantitative estimate of drug-likeness (QED) is 0.571. The first-order chi connectivity index (χ1) is 4.12. The molecular formula is C6H16FNO2. The Labute approximate surface area is 61.0 Å². The summed E-state index contributed by atoms with van der Waals surface area (Å²) in [7, 11) is 3.80. The van der Waals surface area contributed by atoms with E-state index in [4.69, 9.17) is 5.11 Å². The van der Waals surface area contributed by atoms with Crippen LogP contribution >= 0.6 is 0 Å². The molecule has 0 atom stereocenters. The van der Waals surface area contributed by atoms with Crippen molar-refractivity contribution in [3.8, 4) is 0 Å². The lowest BCUT2D eigenvalue weighted by atomic mass is 10.4. The van der Waals surface area contributed by atoms with E-state index in [1.54, 1.807) is 0 Å². The van der Waals surface area contributed by atoms with E-state index in [9.17, 15) is 4.39 Å².